The van der Waals surface area contributed by atoms with Gasteiger partial charge in [-0.25, -0.2) is 4.79 Å². The summed E-state index contributed by atoms with van der Waals surface area (Å²) in [5.41, 5.74) is 1.80. The molecule has 2 bridgehead atoms. The average molecular weight is 467 g/mol. The minimum absolute atomic E-state index is 0.140. The number of hydrogen-bond acceptors (Lipinski definition) is 10. The zero-order valence-corrected chi connectivity index (χ0v) is 19.0. The molecule has 0 aliphatic carbocycles. The normalized spacial score (nSPS) is 29.4. The Balaban J connectivity index is 1.14. The number of cyclic esters (lactones) is 1. The van der Waals surface area contributed by atoms with E-state index in [9.17, 15) is 9.59 Å². The van der Waals surface area contributed by atoms with Crippen LogP contribution in [0.4, 0.5) is 0 Å². The van der Waals surface area contributed by atoms with E-state index in [4.69, 9.17) is 9.47 Å². The molecule has 1 spiro atoms. The second-order valence-electron chi connectivity index (χ2n) is 9.51. The lowest BCUT2D eigenvalue weighted by Gasteiger charge is -2.51. The van der Waals surface area contributed by atoms with Gasteiger partial charge in [0.15, 0.2) is 5.82 Å². The number of rotatable bonds is 5. The van der Waals surface area contributed by atoms with Gasteiger partial charge in [-0.1, -0.05) is 0 Å². The van der Waals surface area contributed by atoms with Crippen LogP contribution in [0, 0.1) is 5.41 Å². The summed E-state index contributed by atoms with van der Waals surface area (Å²) in [6.45, 7) is 4.66. The molecule has 6 rings (SSSR count). The van der Waals surface area contributed by atoms with E-state index >= 15 is 0 Å². The molecule has 0 radical (unpaired) electrons. The summed E-state index contributed by atoms with van der Waals surface area (Å²) in [7, 11) is 0. The van der Waals surface area contributed by atoms with Gasteiger partial charge in [0.25, 0.3) is 0 Å². The minimum atomic E-state index is -0.387. The van der Waals surface area contributed by atoms with Gasteiger partial charge >= 0.3 is 5.97 Å². The van der Waals surface area contributed by atoms with Crippen molar-refractivity contribution < 1.29 is 19.1 Å². The molecule has 0 N–H and O–H groups in total. The number of aromatic nitrogens is 6. The summed E-state index contributed by atoms with van der Waals surface area (Å²) in [5.74, 6) is 0.390. The fourth-order valence-electron chi connectivity index (χ4n) is 5.86. The maximum Gasteiger partial charge on any atom is 0.336 e. The Morgan fingerprint density at radius 3 is 2.62 bits per heavy atom. The molecule has 4 aliphatic rings. The molecule has 3 saturated heterocycles. The maximum atomic E-state index is 13.6. The molecule has 2 aromatic rings. The number of carbonyl (C=O) groups excluding carboxylic acids is 2. The van der Waals surface area contributed by atoms with E-state index in [1.54, 1.807) is 11.8 Å². The summed E-state index contributed by atoms with van der Waals surface area (Å²) < 4.78 is 12.5. The van der Waals surface area contributed by atoms with E-state index in [0.717, 1.165) is 43.6 Å². The van der Waals surface area contributed by atoms with Gasteiger partial charge in [-0.3, -0.25) is 9.69 Å². The Labute approximate surface area is 195 Å². The summed E-state index contributed by atoms with van der Waals surface area (Å²) >= 11 is 0. The van der Waals surface area contributed by atoms with Crippen molar-refractivity contribution in [2.24, 2.45) is 5.41 Å². The van der Waals surface area contributed by atoms with E-state index < -0.39 is 0 Å². The van der Waals surface area contributed by atoms with Gasteiger partial charge < -0.3 is 14.4 Å². The highest BCUT2D eigenvalue weighted by molar-refractivity contribution is 5.94. The first kappa shape index (κ1) is 21.3. The highest BCUT2D eigenvalue weighted by Gasteiger charge is 2.55. The molecule has 2 atom stereocenters. The molecule has 0 aromatic carbocycles. The quantitative estimate of drug-likeness (QED) is 0.551. The van der Waals surface area contributed by atoms with Gasteiger partial charge in [0.1, 0.15) is 12.9 Å². The van der Waals surface area contributed by atoms with Gasteiger partial charge in [0.2, 0.25) is 5.91 Å². The smallest absolute Gasteiger partial charge is 0.336 e. The van der Waals surface area contributed by atoms with Crippen LogP contribution in [0.3, 0.4) is 0 Å². The van der Waals surface area contributed by atoms with Gasteiger partial charge in [0.05, 0.1) is 35.6 Å². The number of carbonyl (C=O) groups is 2. The third-order valence-corrected chi connectivity index (χ3v) is 7.64. The highest BCUT2D eigenvalue weighted by Crippen LogP contribution is 2.48. The second-order valence-corrected chi connectivity index (χ2v) is 9.51. The summed E-state index contributed by atoms with van der Waals surface area (Å²) in [5, 5.41) is 19.6. The third kappa shape index (κ3) is 3.48. The molecule has 178 valence electrons. The first-order valence-electron chi connectivity index (χ1n) is 11.6. The van der Waals surface area contributed by atoms with Crippen LogP contribution in [0.5, 0.6) is 0 Å². The van der Waals surface area contributed by atoms with Gasteiger partial charge in [-0.05, 0) is 48.7 Å². The Kier molecular flexibility index (Phi) is 5.14. The lowest BCUT2D eigenvalue weighted by molar-refractivity contribution is -0.149. The molecule has 12 heteroatoms. The zero-order chi connectivity index (χ0) is 23.3. The number of hydrogen-bond donors (Lipinski definition) is 0. The lowest BCUT2D eigenvalue weighted by Crippen LogP contribution is -2.61. The van der Waals surface area contributed by atoms with Crippen molar-refractivity contribution in [1.29, 1.82) is 0 Å². The van der Waals surface area contributed by atoms with E-state index in [-0.39, 0.29) is 36.0 Å². The van der Waals surface area contributed by atoms with Crippen LogP contribution in [0.25, 0.3) is 5.82 Å². The number of likely N-dealkylation sites (tertiary alicyclic amines) is 1. The van der Waals surface area contributed by atoms with Crippen molar-refractivity contribution in [3.63, 3.8) is 0 Å². The van der Waals surface area contributed by atoms with E-state index in [1.165, 1.54) is 11.0 Å². The van der Waals surface area contributed by atoms with Crippen LogP contribution in [0.1, 0.15) is 31.9 Å². The molecule has 2 unspecified atom stereocenters. The topological polar surface area (TPSA) is 128 Å². The number of piperidine rings is 1. The van der Waals surface area contributed by atoms with Crippen molar-refractivity contribution in [2.45, 2.75) is 44.7 Å². The Bertz CT molecular complexity index is 1120. The van der Waals surface area contributed by atoms with Crippen molar-refractivity contribution in [3.05, 3.63) is 35.4 Å². The molecule has 1 amide bonds. The first-order valence-corrected chi connectivity index (χ1v) is 11.6. The SMILES string of the molecule is CC1=C(N2CCC3(CC4COCC(C3)N4CCc3ccc(-n4cnnn4)nn3)C2=O)COC1=O. The number of ether oxygens (including phenoxy) is 2. The van der Waals surface area contributed by atoms with Crippen molar-refractivity contribution in [2.75, 3.05) is 32.9 Å². The van der Waals surface area contributed by atoms with E-state index in [1.807, 2.05) is 12.1 Å². The van der Waals surface area contributed by atoms with Crippen LogP contribution in [0.2, 0.25) is 0 Å². The van der Waals surface area contributed by atoms with E-state index in [2.05, 4.69) is 30.6 Å². The Hall–Kier alpha value is -3.25. The summed E-state index contributed by atoms with van der Waals surface area (Å²) in [6, 6.07) is 4.16. The molecule has 34 heavy (non-hydrogen) atoms. The summed E-state index contributed by atoms with van der Waals surface area (Å²) in [6.07, 6.45) is 4.58. The third-order valence-electron chi connectivity index (χ3n) is 7.64. The Morgan fingerprint density at radius 2 is 1.97 bits per heavy atom. The molecule has 0 saturated carbocycles. The molecular weight excluding hydrogens is 440 g/mol. The molecule has 6 heterocycles. The van der Waals surface area contributed by atoms with Crippen molar-refractivity contribution in [3.8, 4) is 5.82 Å². The lowest BCUT2D eigenvalue weighted by atomic mass is 9.70. The zero-order valence-electron chi connectivity index (χ0n) is 19.0. The molecule has 12 nitrogen and oxygen atoms in total. The highest BCUT2D eigenvalue weighted by atomic mass is 16.5. The van der Waals surface area contributed by atoms with Crippen LogP contribution >= 0.6 is 0 Å². The van der Waals surface area contributed by atoms with Crippen LogP contribution in [-0.4, -0.2) is 97.1 Å². The van der Waals surface area contributed by atoms with Gasteiger partial charge in [0, 0.05) is 31.6 Å². The molecular formula is C22H26N8O4. The number of nitrogens with zero attached hydrogens (tertiary/aromatic N) is 8. The van der Waals surface area contributed by atoms with Gasteiger partial charge in [-0.2, -0.15) is 9.78 Å². The maximum absolute atomic E-state index is 13.6. The van der Waals surface area contributed by atoms with Crippen LogP contribution < -0.4 is 0 Å². The monoisotopic (exact) mass is 466 g/mol. The predicted molar refractivity (Wildman–Crippen MR) is 115 cm³/mol. The predicted octanol–water partition coefficient (Wildman–Crippen LogP) is -0.0925. The molecule has 3 fully saturated rings. The van der Waals surface area contributed by atoms with Crippen LogP contribution in [0.15, 0.2) is 29.7 Å². The largest absolute Gasteiger partial charge is 0.456 e. The minimum Gasteiger partial charge on any atom is -0.456 e. The van der Waals surface area contributed by atoms with Crippen molar-refractivity contribution >= 4 is 11.9 Å². The first-order chi connectivity index (χ1) is 16.5. The number of esters is 1. The molecule has 2 aromatic heterocycles. The van der Waals surface area contributed by atoms with Crippen molar-refractivity contribution in [1.82, 2.24) is 40.2 Å². The van der Waals surface area contributed by atoms with Crippen LogP contribution in [-0.2, 0) is 25.5 Å². The number of morpholine rings is 1. The average Bonchev–Trinajstić information content (AvgIpc) is 3.56. The van der Waals surface area contributed by atoms with Gasteiger partial charge in [-0.15, -0.1) is 10.2 Å². The summed E-state index contributed by atoms with van der Waals surface area (Å²) in [4.78, 5) is 29.7. The van der Waals surface area contributed by atoms with E-state index in [0.29, 0.717) is 31.1 Å². The number of fused-ring (bicyclic) bond motifs is 2. The number of amides is 1. The molecule has 4 aliphatic heterocycles. The standard InChI is InChI=1S/C22H26N8O4/c1-14-18(12-34-20(14)31)29-7-5-22(21(29)32)8-16-10-33-11-17(9-22)28(16)6-4-15-2-3-19(25-24-15)30-13-23-26-27-30/h2-3,13,16-17H,4-12H2,1H3. The number of tetrazole rings is 1. The Morgan fingerprint density at radius 1 is 1.15 bits per heavy atom. The fraction of sp³-hybridized carbons (Fsp3) is 0.591. The second kappa shape index (κ2) is 8.20. The fourth-order valence-corrected chi connectivity index (χ4v) is 5.86.